The van der Waals surface area contributed by atoms with E-state index < -0.39 is 9.84 Å². The molecule has 116 valence electrons. The van der Waals surface area contributed by atoms with Gasteiger partial charge in [-0.15, -0.1) is 0 Å². The van der Waals surface area contributed by atoms with Crippen LogP contribution in [0.1, 0.15) is 19.3 Å². The van der Waals surface area contributed by atoms with Crippen molar-refractivity contribution in [3.63, 3.8) is 0 Å². The summed E-state index contributed by atoms with van der Waals surface area (Å²) in [5.41, 5.74) is 0. The third-order valence-electron chi connectivity index (χ3n) is 3.21. The molecule has 1 aliphatic rings. The molecule has 0 spiro atoms. The van der Waals surface area contributed by atoms with Crippen molar-refractivity contribution in [2.45, 2.75) is 25.3 Å². The van der Waals surface area contributed by atoms with Crippen LogP contribution < -0.4 is 10.1 Å². The monoisotopic (exact) mass is 375 g/mol. The summed E-state index contributed by atoms with van der Waals surface area (Å²) >= 11 is 3.36. The van der Waals surface area contributed by atoms with Crippen LogP contribution in [0, 0.1) is 0 Å². The maximum Gasteiger partial charge on any atom is 0.220 e. The number of nitrogens with one attached hydrogen (secondary N) is 1. The Morgan fingerprint density at radius 2 is 2.24 bits per heavy atom. The molecule has 0 radical (unpaired) electrons. The molecule has 1 atom stereocenters. The van der Waals surface area contributed by atoms with Crippen molar-refractivity contribution in [2.75, 3.05) is 18.1 Å². The van der Waals surface area contributed by atoms with Crippen molar-refractivity contribution in [2.24, 2.45) is 0 Å². The summed E-state index contributed by atoms with van der Waals surface area (Å²) in [6.45, 7) is 0.451. The van der Waals surface area contributed by atoms with E-state index in [4.69, 9.17) is 4.74 Å². The molecular formula is C14H18BrNO4S. The number of carbonyl (C=O) groups is 1. The average molecular weight is 376 g/mol. The van der Waals surface area contributed by atoms with Gasteiger partial charge in [0, 0.05) is 16.9 Å². The van der Waals surface area contributed by atoms with Crippen LogP contribution in [-0.4, -0.2) is 38.5 Å². The average Bonchev–Trinajstić information content (AvgIpc) is 2.74. The molecule has 1 fully saturated rings. The quantitative estimate of drug-likeness (QED) is 0.770. The van der Waals surface area contributed by atoms with Gasteiger partial charge in [-0.05, 0) is 31.0 Å². The summed E-state index contributed by atoms with van der Waals surface area (Å²) in [6.07, 6.45) is 1.45. The molecule has 0 aromatic heterocycles. The highest BCUT2D eigenvalue weighted by Gasteiger charge is 2.28. The maximum absolute atomic E-state index is 11.7. The van der Waals surface area contributed by atoms with Gasteiger partial charge >= 0.3 is 0 Å². The Balaban J connectivity index is 1.64. The van der Waals surface area contributed by atoms with Crippen molar-refractivity contribution >= 4 is 31.7 Å². The normalized spacial score (nSPS) is 20.1. The molecule has 0 bridgehead atoms. The molecule has 1 aromatic rings. The molecule has 1 aromatic carbocycles. The molecule has 2 rings (SSSR count). The highest BCUT2D eigenvalue weighted by Crippen LogP contribution is 2.18. The van der Waals surface area contributed by atoms with Crippen LogP contribution in [0.3, 0.4) is 0 Å². The molecule has 1 saturated heterocycles. The fourth-order valence-corrected chi connectivity index (χ4v) is 4.24. The summed E-state index contributed by atoms with van der Waals surface area (Å²) in [6, 6.07) is 7.29. The summed E-state index contributed by atoms with van der Waals surface area (Å²) in [4.78, 5) is 11.7. The van der Waals surface area contributed by atoms with Gasteiger partial charge in [-0.3, -0.25) is 4.79 Å². The molecule has 1 amide bonds. The van der Waals surface area contributed by atoms with Gasteiger partial charge in [0.15, 0.2) is 9.84 Å². The topological polar surface area (TPSA) is 72.5 Å². The predicted molar refractivity (Wildman–Crippen MR) is 84.1 cm³/mol. The Hall–Kier alpha value is -1.08. The van der Waals surface area contributed by atoms with E-state index in [0.717, 1.165) is 10.2 Å². The van der Waals surface area contributed by atoms with Crippen LogP contribution in [0.5, 0.6) is 5.75 Å². The zero-order chi connectivity index (χ0) is 15.3. The van der Waals surface area contributed by atoms with Crippen LogP contribution in [-0.2, 0) is 14.6 Å². The van der Waals surface area contributed by atoms with E-state index >= 15 is 0 Å². The number of ether oxygens (including phenoxy) is 1. The number of amides is 1. The molecule has 21 heavy (non-hydrogen) atoms. The second-order valence-corrected chi connectivity index (χ2v) is 8.22. The number of benzene rings is 1. The molecule has 1 aliphatic heterocycles. The Morgan fingerprint density at radius 3 is 2.90 bits per heavy atom. The number of sulfone groups is 1. The van der Waals surface area contributed by atoms with E-state index in [2.05, 4.69) is 21.2 Å². The number of halogens is 1. The summed E-state index contributed by atoms with van der Waals surface area (Å²) in [5, 5.41) is 2.76. The van der Waals surface area contributed by atoms with Crippen LogP contribution in [0.2, 0.25) is 0 Å². The van der Waals surface area contributed by atoms with Crippen LogP contribution in [0.4, 0.5) is 0 Å². The predicted octanol–water partition coefficient (Wildman–Crippen LogP) is 1.91. The SMILES string of the molecule is O=C(CCCOc1cccc(Br)c1)NC1CCS(=O)(=O)C1. The minimum absolute atomic E-state index is 0.0628. The van der Waals surface area contributed by atoms with Crippen LogP contribution in [0.25, 0.3) is 0 Å². The van der Waals surface area contributed by atoms with Gasteiger partial charge in [-0.1, -0.05) is 22.0 Å². The lowest BCUT2D eigenvalue weighted by atomic mass is 10.2. The largest absolute Gasteiger partial charge is 0.494 e. The van der Waals surface area contributed by atoms with Crippen LogP contribution >= 0.6 is 15.9 Å². The van der Waals surface area contributed by atoms with Crippen molar-refractivity contribution in [1.82, 2.24) is 5.32 Å². The van der Waals surface area contributed by atoms with E-state index in [9.17, 15) is 13.2 Å². The van der Waals surface area contributed by atoms with E-state index in [1.165, 1.54) is 0 Å². The first-order chi connectivity index (χ1) is 9.94. The number of hydrogen-bond donors (Lipinski definition) is 1. The summed E-state index contributed by atoms with van der Waals surface area (Å²) in [7, 11) is -2.95. The first-order valence-electron chi connectivity index (χ1n) is 6.83. The van der Waals surface area contributed by atoms with Crippen molar-refractivity contribution < 1.29 is 17.9 Å². The maximum atomic E-state index is 11.7. The molecule has 1 heterocycles. The van der Waals surface area contributed by atoms with Crippen LogP contribution in [0.15, 0.2) is 28.7 Å². The van der Waals surface area contributed by atoms with Crippen molar-refractivity contribution in [3.05, 3.63) is 28.7 Å². The van der Waals surface area contributed by atoms with E-state index in [1.54, 1.807) is 0 Å². The highest BCUT2D eigenvalue weighted by molar-refractivity contribution is 9.10. The summed E-state index contributed by atoms with van der Waals surface area (Å²) < 4.78 is 29.1. The summed E-state index contributed by atoms with van der Waals surface area (Å²) in [5.74, 6) is 0.874. The minimum Gasteiger partial charge on any atom is -0.494 e. The molecule has 7 heteroatoms. The van der Waals surface area contributed by atoms with Gasteiger partial charge in [0.1, 0.15) is 5.75 Å². The number of carbonyl (C=O) groups excluding carboxylic acids is 1. The molecule has 1 N–H and O–H groups in total. The molecular weight excluding hydrogens is 358 g/mol. The lowest BCUT2D eigenvalue weighted by Crippen LogP contribution is -2.35. The Morgan fingerprint density at radius 1 is 1.43 bits per heavy atom. The van der Waals surface area contributed by atoms with Gasteiger partial charge in [0.05, 0.1) is 18.1 Å². The first kappa shape index (κ1) is 16.3. The third kappa shape index (κ3) is 5.67. The fourth-order valence-electron chi connectivity index (χ4n) is 2.19. The van der Waals surface area contributed by atoms with Gasteiger partial charge in [-0.25, -0.2) is 8.42 Å². The standard InChI is InChI=1S/C14H18BrNO4S/c15-11-3-1-4-13(9-11)20-7-2-5-14(17)16-12-6-8-21(18,19)10-12/h1,3-4,9,12H,2,5-8,10H2,(H,16,17). The Bertz CT molecular complexity index is 603. The molecule has 0 saturated carbocycles. The first-order valence-corrected chi connectivity index (χ1v) is 9.44. The van der Waals surface area contributed by atoms with Crippen molar-refractivity contribution in [1.29, 1.82) is 0 Å². The highest BCUT2D eigenvalue weighted by atomic mass is 79.9. The van der Waals surface area contributed by atoms with Gasteiger partial charge < -0.3 is 10.1 Å². The van der Waals surface area contributed by atoms with E-state index in [0.29, 0.717) is 25.9 Å². The number of hydrogen-bond acceptors (Lipinski definition) is 4. The van der Waals surface area contributed by atoms with E-state index in [1.807, 2.05) is 24.3 Å². The lowest BCUT2D eigenvalue weighted by Gasteiger charge is -2.11. The van der Waals surface area contributed by atoms with Gasteiger partial charge in [0.25, 0.3) is 0 Å². The molecule has 5 nitrogen and oxygen atoms in total. The molecule has 1 unspecified atom stereocenters. The fraction of sp³-hybridized carbons (Fsp3) is 0.500. The zero-order valence-corrected chi connectivity index (χ0v) is 14.0. The number of rotatable bonds is 6. The van der Waals surface area contributed by atoms with Gasteiger partial charge in [-0.2, -0.15) is 0 Å². The van der Waals surface area contributed by atoms with Crippen molar-refractivity contribution in [3.8, 4) is 5.75 Å². The molecule has 0 aliphatic carbocycles. The smallest absolute Gasteiger partial charge is 0.220 e. The zero-order valence-electron chi connectivity index (χ0n) is 11.5. The Labute approximate surface area is 133 Å². The second-order valence-electron chi connectivity index (χ2n) is 5.08. The van der Waals surface area contributed by atoms with E-state index in [-0.39, 0.29) is 23.5 Å². The van der Waals surface area contributed by atoms with Gasteiger partial charge in [0.2, 0.25) is 5.91 Å². The minimum atomic E-state index is -2.95. The second kappa shape index (κ2) is 7.26. The Kier molecular flexibility index (Phi) is 5.64. The lowest BCUT2D eigenvalue weighted by molar-refractivity contribution is -0.121. The third-order valence-corrected chi connectivity index (χ3v) is 5.47.